The fourth-order valence-electron chi connectivity index (χ4n) is 2.06. The maximum Gasteiger partial charge on any atom is 0.279 e. The third-order valence-corrected chi connectivity index (χ3v) is 3.84. The number of hydrogen-bond donors (Lipinski definition) is 2. The number of halogens is 1. The molecular formula is C17H20ClN2O+. The summed E-state index contributed by atoms with van der Waals surface area (Å²) in [4.78, 5) is 12.0. The van der Waals surface area contributed by atoms with Gasteiger partial charge in [0.2, 0.25) is 0 Å². The van der Waals surface area contributed by atoms with E-state index in [0.717, 1.165) is 11.3 Å². The molecule has 4 heteroatoms. The van der Waals surface area contributed by atoms with Gasteiger partial charge in [-0.05, 0) is 31.5 Å². The number of anilines is 1. The molecule has 110 valence electrons. The first-order valence-corrected chi connectivity index (χ1v) is 7.38. The number of hydrogen-bond acceptors (Lipinski definition) is 1. The molecular weight excluding hydrogens is 284 g/mol. The minimum Gasteiger partial charge on any atom is -0.333 e. The first kappa shape index (κ1) is 15.5. The van der Waals surface area contributed by atoms with Crippen LogP contribution in [0.5, 0.6) is 0 Å². The highest BCUT2D eigenvalue weighted by molar-refractivity contribution is 6.31. The Hall–Kier alpha value is -1.84. The van der Waals surface area contributed by atoms with E-state index in [0.29, 0.717) is 11.6 Å². The number of carbonyl (C=O) groups excluding carboxylic acids is 1. The SMILES string of the molecule is Cc1ccc(NC(=O)C[NH2+][C@H](C)c2ccccc2)cc1Cl. The van der Waals surface area contributed by atoms with Crippen molar-refractivity contribution in [2.45, 2.75) is 19.9 Å². The van der Waals surface area contributed by atoms with Crippen molar-refractivity contribution in [1.82, 2.24) is 0 Å². The zero-order valence-corrected chi connectivity index (χ0v) is 13.0. The maximum atomic E-state index is 12.0. The van der Waals surface area contributed by atoms with E-state index in [1.165, 1.54) is 5.56 Å². The third-order valence-electron chi connectivity index (χ3n) is 3.44. The van der Waals surface area contributed by atoms with Crippen molar-refractivity contribution < 1.29 is 10.1 Å². The van der Waals surface area contributed by atoms with Gasteiger partial charge in [0.1, 0.15) is 6.04 Å². The average Bonchev–Trinajstić information content (AvgIpc) is 2.49. The lowest BCUT2D eigenvalue weighted by molar-refractivity contribution is -0.682. The first-order chi connectivity index (χ1) is 10.1. The van der Waals surface area contributed by atoms with Crippen molar-refractivity contribution in [2.75, 3.05) is 11.9 Å². The van der Waals surface area contributed by atoms with Gasteiger partial charge in [0.05, 0.1) is 0 Å². The Kier molecular flexibility index (Phi) is 5.37. The van der Waals surface area contributed by atoms with Crippen LogP contribution in [0.2, 0.25) is 5.02 Å². The van der Waals surface area contributed by atoms with Gasteiger partial charge in [0, 0.05) is 16.3 Å². The number of nitrogens with two attached hydrogens (primary N) is 1. The summed E-state index contributed by atoms with van der Waals surface area (Å²) >= 11 is 6.05. The van der Waals surface area contributed by atoms with Crippen molar-refractivity contribution in [3.8, 4) is 0 Å². The Bertz CT molecular complexity index is 613. The molecule has 0 spiro atoms. The molecule has 0 heterocycles. The highest BCUT2D eigenvalue weighted by Gasteiger charge is 2.11. The third kappa shape index (κ3) is 4.59. The molecule has 0 radical (unpaired) electrons. The smallest absolute Gasteiger partial charge is 0.279 e. The van der Waals surface area contributed by atoms with E-state index >= 15 is 0 Å². The van der Waals surface area contributed by atoms with Gasteiger partial charge in [-0.25, -0.2) is 0 Å². The van der Waals surface area contributed by atoms with Gasteiger partial charge >= 0.3 is 0 Å². The van der Waals surface area contributed by atoms with Crippen molar-refractivity contribution >= 4 is 23.2 Å². The molecule has 0 aromatic heterocycles. The molecule has 0 aliphatic heterocycles. The van der Waals surface area contributed by atoms with Crippen molar-refractivity contribution in [1.29, 1.82) is 0 Å². The number of benzene rings is 2. The van der Waals surface area contributed by atoms with E-state index in [1.807, 2.05) is 42.6 Å². The van der Waals surface area contributed by atoms with Crippen molar-refractivity contribution in [3.05, 3.63) is 64.7 Å². The van der Waals surface area contributed by atoms with Crippen LogP contribution in [-0.2, 0) is 4.79 Å². The van der Waals surface area contributed by atoms with E-state index in [9.17, 15) is 4.79 Å². The van der Waals surface area contributed by atoms with E-state index in [4.69, 9.17) is 11.6 Å². The second kappa shape index (κ2) is 7.25. The maximum absolute atomic E-state index is 12.0. The van der Waals surface area contributed by atoms with Crippen LogP contribution in [0.3, 0.4) is 0 Å². The Morgan fingerprint density at radius 1 is 1.24 bits per heavy atom. The summed E-state index contributed by atoms with van der Waals surface area (Å²) in [6, 6.07) is 15.9. The predicted molar refractivity (Wildman–Crippen MR) is 86.5 cm³/mol. The van der Waals surface area contributed by atoms with E-state index in [2.05, 4.69) is 24.4 Å². The molecule has 0 aliphatic rings. The van der Waals surface area contributed by atoms with Gasteiger partial charge in [0.25, 0.3) is 5.91 Å². The summed E-state index contributed by atoms with van der Waals surface area (Å²) in [6.45, 7) is 4.40. The minimum atomic E-state index is -0.0299. The number of quaternary nitrogens is 1. The molecule has 3 N–H and O–H groups in total. The Morgan fingerprint density at radius 2 is 1.95 bits per heavy atom. The zero-order valence-electron chi connectivity index (χ0n) is 12.3. The van der Waals surface area contributed by atoms with Gasteiger partial charge in [-0.2, -0.15) is 0 Å². The van der Waals surface area contributed by atoms with E-state index < -0.39 is 0 Å². The van der Waals surface area contributed by atoms with Gasteiger partial charge in [-0.1, -0.05) is 48.0 Å². The molecule has 2 aromatic carbocycles. The molecule has 0 fully saturated rings. The highest BCUT2D eigenvalue weighted by Crippen LogP contribution is 2.19. The average molecular weight is 304 g/mol. The fraction of sp³-hybridized carbons (Fsp3) is 0.235. The van der Waals surface area contributed by atoms with Gasteiger partial charge in [-0.3, -0.25) is 4.79 Å². The van der Waals surface area contributed by atoms with Gasteiger partial charge < -0.3 is 10.6 Å². The van der Waals surface area contributed by atoms with Crippen molar-refractivity contribution in [2.24, 2.45) is 0 Å². The van der Waals surface area contributed by atoms with Crippen LogP contribution in [0, 0.1) is 6.92 Å². The number of carbonyl (C=O) groups is 1. The monoisotopic (exact) mass is 303 g/mol. The van der Waals surface area contributed by atoms with Crippen LogP contribution in [0.25, 0.3) is 0 Å². The summed E-state index contributed by atoms with van der Waals surface area (Å²) < 4.78 is 0. The molecule has 0 aliphatic carbocycles. The number of nitrogens with one attached hydrogen (secondary N) is 1. The second-order valence-corrected chi connectivity index (χ2v) is 5.56. The van der Waals surface area contributed by atoms with Crippen LogP contribution < -0.4 is 10.6 Å². The Balaban J connectivity index is 1.86. The molecule has 2 rings (SSSR count). The highest BCUT2D eigenvalue weighted by atomic mass is 35.5. The van der Waals surface area contributed by atoms with E-state index in [1.54, 1.807) is 6.07 Å². The largest absolute Gasteiger partial charge is 0.333 e. The molecule has 3 nitrogen and oxygen atoms in total. The normalized spacial score (nSPS) is 12.0. The van der Waals surface area contributed by atoms with Crippen LogP contribution in [-0.4, -0.2) is 12.5 Å². The number of amides is 1. The first-order valence-electron chi connectivity index (χ1n) is 7.00. The summed E-state index contributed by atoms with van der Waals surface area (Å²) in [7, 11) is 0. The van der Waals surface area contributed by atoms with E-state index in [-0.39, 0.29) is 11.9 Å². The number of aryl methyl sites for hydroxylation is 1. The van der Waals surface area contributed by atoms with Crippen LogP contribution in [0.15, 0.2) is 48.5 Å². The molecule has 0 saturated carbocycles. The lowest BCUT2D eigenvalue weighted by Crippen LogP contribution is -2.86. The summed E-state index contributed by atoms with van der Waals surface area (Å²) in [5.74, 6) is -0.0299. The quantitative estimate of drug-likeness (QED) is 0.876. The molecule has 2 aromatic rings. The Morgan fingerprint density at radius 3 is 2.62 bits per heavy atom. The van der Waals surface area contributed by atoms with Crippen LogP contribution in [0.4, 0.5) is 5.69 Å². The zero-order chi connectivity index (χ0) is 15.2. The van der Waals surface area contributed by atoms with Gasteiger partial charge in [-0.15, -0.1) is 0 Å². The molecule has 21 heavy (non-hydrogen) atoms. The lowest BCUT2D eigenvalue weighted by atomic mass is 10.1. The van der Waals surface area contributed by atoms with Gasteiger partial charge in [0.15, 0.2) is 6.54 Å². The van der Waals surface area contributed by atoms with Crippen molar-refractivity contribution in [3.63, 3.8) is 0 Å². The number of rotatable bonds is 5. The predicted octanol–water partition coefficient (Wildman–Crippen LogP) is 2.91. The summed E-state index contributed by atoms with van der Waals surface area (Å²) in [5, 5.41) is 5.54. The Labute approximate surface area is 130 Å². The molecule has 1 atom stereocenters. The molecule has 0 saturated heterocycles. The van der Waals surface area contributed by atoms with Crippen LogP contribution >= 0.6 is 11.6 Å². The standard InChI is InChI=1S/C17H19ClN2O/c1-12-8-9-15(10-16(12)18)20-17(21)11-19-13(2)14-6-4-3-5-7-14/h3-10,13,19H,11H2,1-2H3,(H,20,21)/p+1/t13-/m1/s1. The second-order valence-electron chi connectivity index (χ2n) is 5.15. The topological polar surface area (TPSA) is 45.7 Å². The minimum absolute atomic E-state index is 0.0299. The molecule has 0 unspecified atom stereocenters. The summed E-state index contributed by atoms with van der Waals surface area (Å²) in [5.41, 5.74) is 2.94. The molecule has 0 bridgehead atoms. The van der Waals surface area contributed by atoms with Crippen LogP contribution in [0.1, 0.15) is 24.1 Å². The fourth-order valence-corrected chi connectivity index (χ4v) is 2.24. The molecule has 1 amide bonds. The lowest BCUT2D eigenvalue weighted by Gasteiger charge is -2.11. The summed E-state index contributed by atoms with van der Waals surface area (Å²) in [6.07, 6.45) is 0.